The Morgan fingerprint density at radius 3 is 2.62 bits per heavy atom. The van der Waals surface area contributed by atoms with Gasteiger partial charge in [-0.25, -0.2) is 4.98 Å². The molecule has 0 atom stereocenters. The van der Waals surface area contributed by atoms with Crippen LogP contribution < -0.4 is 14.8 Å². The number of anilines is 1. The van der Waals surface area contributed by atoms with E-state index in [9.17, 15) is 13.2 Å². The number of hydrogen-bond acceptors (Lipinski definition) is 6. The van der Waals surface area contributed by atoms with E-state index in [0.29, 0.717) is 46.4 Å². The smallest absolute Gasteiger partial charge is 0.416 e. The second-order valence-corrected chi connectivity index (χ2v) is 9.46. The summed E-state index contributed by atoms with van der Waals surface area (Å²) in [5.41, 5.74) is 2.58. The molecule has 0 amide bonds. The number of halogens is 3. The fourth-order valence-electron chi connectivity index (χ4n) is 4.73. The lowest BCUT2D eigenvalue weighted by molar-refractivity contribution is -0.137. The van der Waals surface area contributed by atoms with Crippen LogP contribution in [0.2, 0.25) is 0 Å². The van der Waals surface area contributed by atoms with Crippen molar-refractivity contribution in [1.29, 1.82) is 0 Å². The number of fused-ring (bicyclic) bond motifs is 1. The average Bonchev–Trinajstić information content (AvgIpc) is 3.30. The van der Waals surface area contributed by atoms with Crippen molar-refractivity contribution in [2.24, 2.45) is 0 Å². The third-order valence-corrected chi connectivity index (χ3v) is 6.66. The summed E-state index contributed by atoms with van der Waals surface area (Å²) in [5.74, 6) is 1.88. The molecule has 3 heterocycles. The number of benzene rings is 2. The lowest BCUT2D eigenvalue weighted by Crippen LogP contribution is -2.38. The molecule has 39 heavy (non-hydrogen) atoms. The molecule has 4 aromatic rings. The van der Waals surface area contributed by atoms with Gasteiger partial charge < -0.3 is 19.5 Å². The van der Waals surface area contributed by atoms with Crippen LogP contribution in [0.25, 0.3) is 16.9 Å². The Kier molecular flexibility index (Phi) is 7.94. The molecule has 1 aliphatic heterocycles. The third kappa shape index (κ3) is 6.29. The van der Waals surface area contributed by atoms with Gasteiger partial charge in [-0.2, -0.15) is 13.2 Å². The number of nitrogens with one attached hydrogen (secondary N) is 1. The number of hydrogen-bond donors (Lipinski definition) is 1. The molecule has 0 aliphatic carbocycles. The van der Waals surface area contributed by atoms with Crippen LogP contribution in [-0.4, -0.2) is 60.8 Å². The fourth-order valence-corrected chi connectivity index (χ4v) is 4.73. The molecular formula is C29H31F3N4O3. The van der Waals surface area contributed by atoms with Crippen LogP contribution in [0.5, 0.6) is 11.5 Å². The zero-order valence-corrected chi connectivity index (χ0v) is 21.9. The van der Waals surface area contributed by atoms with Crippen LogP contribution in [-0.2, 0) is 17.5 Å². The van der Waals surface area contributed by atoms with Gasteiger partial charge in [-0.15, -0.1) is 0 Å². The summed E-state index contributed by atoms with van der Waals surface area (Å²) in [6, 6.07) is 15.4. The normalized spacial score (nSPS) is 14.5. The molecule has 0 unspecified atom stereocenters. The van der Waals surface area contributed by atoms with Gasteiger partial charge in [0.15, 0.2) is 11.5 Å². The van der Waals surface area contributed by atoms with E-state index in [1.807, 2.05) is 47.0 Å². The van der Waals surface area contributed by atoms with Gasteiger partial charge in [-0.3, -0.25) is 9.30 Å². The van der Waals surface area contributed by atoms with E-state index in [2.05, 4.69) is 10.2 Å². The van der Waals surface area contributed by atoms with E-state index >= 15 is 0 Å². The van der Waals surface area contributed by atoms with Crippen LogP contribution in [0, 0.1) is 6.92 Å². The third-order valence-electron chi connectivity index (χ3n) is 6.66. The molecule has 5 rings (SSSR count). The minimum absolute atomic E-state index is 0.194. The van der Waals surface area contributed by atoms with Crippen molar-refractivity contribution in [1.82, 2.24) is 14.3 Å². The van der Waals surface area contributed by atoms with E-state index in [0.717, 1.165) is 44.5 Å². The fraction of sp³-hybridized carbons (Fsp3) is 0.345. The number of nitrogens with zero attached hydrogens (tertiary/aromatic N) is 3. The van der Waals surface area contributed by atoms with Crippen LogP contribution in [0.3, 0.4) is 0 Å². The van der Waals surface area contributed by atoms with Crippen molar-refractivity contribution in [2.75, 3.05) is 51.9 Å². The summed E-state index contributed by atoms with van der Waals surface area (Å²) in [6.07, 6.45) is -2.54. The zero-order valence-electron chi connectivity index (χ0n) is 21.9. The predicted octanol–water partition coefficient (Wildman–Crippen LogP) is 5.66. The first kappa shape index (κ1) is 26.8. The topological polar surface area (TPSA) is 60.3 Å². The molecule has 2 aromatic heterocycles. The van der Waals surface area contributed by atoms with E-state index in [1.165, 1.54) is 6.07 Å². The van der Waals surface area contributed by atoms with Crippen LogP contribution in [0.4, 0.5) is 19.0 Å². The summed E-state index contributed by atoms with van der Waals surface area (Å²) in [4.78, 5) is 7.11. The van der Waals surface area contributed by atoms with Crippen molar-refractivity contribution < 1.29 is 27.4 Å². The number of morpholine rings is 1. The molecule has 1 saturated heterocycles. The molecule has 0 spiro atoms. The summed E-state index contributed by atoms with van der Waals surface area (Å²) in [6.45, 7) is 6.32. The van der Waals surface area contributed by atoms with Gasteiger partial charge in [-0.05, 0) is 55.0 Å². The van der Waals surface area contributed by atoms with Crippen LogP contribution >= 0.6 is 0 Å². The van der Waals surface area contributed by atoms with Gasteiger partial charge in [0.2, 0.25) is 0 Å². The Morgan fingerprint density at radius 2 is 1.85 bits per heavy atom. The van der Waals surface area contributed by atoms with Gasteiger partial charge in [-0.1, -0.05) is 17.7 Å². The SMILES string of the molecule is COc1ccc(-c2nc3ccccn3c2NCc2cc(C)cc(C(F)(F)F)c2)cc1OCCN1CCOCC1. The van der Waals surface area contributed by atoms with Gasteiger partial charge >= 0.3 is 6.18 Å². The average molecular weight is 541 g/mol. The van der Waals surface area contributed by atoms with E-state index in [-0.39, 0.29) is 6.54 Å². The molecule has 206 valence electrons. The summed E-state index contributed by atoms with van der Waals surface area (Å²) in [5, 5.41) is 3.33. The first-order chi connectivity index (χ1) is 18.8. The van der Waals surface area contributed by atoms with Crippen molar-refractivity contribution in [3.63, 3.8) is 0 Å². The van der Waals surface area contributed by atoms with Gasteiger partial charge in [0, 0.05) is 37.9 Å². The highest BCUT2D eigenvalue weighted by atomic mass is 19.4. The van der Waals surface area contributed by atoms with Gasteiger partial charge in [0.25, 0.3) is 0 Å². The minimum atomic E-state index is -4.41. The number of methoxy groups -OCH3 is 1. The number of ether oxygens (including phenoxy) is 3. The highest BCUT2D eigenvalue weighted by Gasteiger charge is 2.31. The Bertz CT molecular complexity index is 1430. The number of pyridine rings is 1. The van der Waals surface area contributed by atoms with Crippen LogP contribution in [0.15, 0.2) is 60.8 Å². The largest absolute Gasteiger partial charge is 0.493 e. The molecule has 0 radical (unpaired) electrons. The lowest BCUT2D eigenvalue weighted by Gasteiger charge is -2.26. The maximum atomic E-state index is 13.4. The quantitative estimate of drug-likeness (QED) is 0.296. The second-order valence-electron chi connectivity index (χ2n) is 9.46. The van der Waals surface area contributed by atoms with E-state index in [4.69, 9.17) is 19.2 Å². The summed E-state index contributed by atoms with van der Waals surface area (Å²) in [7, 11) is 1.60. The molecule has 1 N–H and O–H groups in total. The Morgan fingerprint density at radius 1 is 1.03 bits per heavy atom. The van der Waals surface area contributed by atoms with Gasteiger partial charge in [0.05, 0.1) is 25.9 Å². The number of aryl methyl sites for hydroxylation is 1. The maximum Gasteiger partial charge on any atom is 0.416 e. The summed E-state index contributed by atoms with van der Waals surface area (Å²) < 4.78 is 59.1. The summed E-state index contributed by atoms with van der Waals surface area (Å²) >= 11 is 0. The Balaban J connectivity index is 1.42. The number of imidazole rings is 1. The standard InChI is InChI=1S/C29H31F3N4O3/c1-20-15-21(17-23(16-20)29(30,31)32)19-33-28-27(34-26-5-3-4-8-36(26)28)22-6-7-24(37-2)25(18-22)39-14-11-35-9-12-38-13-10-35/h3-8,15-18,33H,9-14,19H2,1-2H3. The number of alkyl halides is 3. The van der Waals surface area contributed by atoms with E-state index < -0.39 is 11.7 Å². The molecule has 7 nitrogen and oxygen atoms in total. The predicted molar refractivity (Wildman–Crippen MR) is 143 cm³/mol. The minimum Gasteiger partial charge on any atom is -0.493 e. The Labute approximate surface area is 225 Å². The molecule has 2 aromatic carbocycles. The van der Waals surface area contributed by atoms with Crippen molar-refractivity contribution in [2.45, 2.75) is 19.6 Å². The monoisotopic (exact) mass is 540 g/mol. The van der Waals surface area contributed by atoms with Crippen LogP contribution in [0.1, 0.15) is 16.7 Å². The van der Waals surface area contributed by atoms with E-state index in [1.54, 1.807) is 20.1 Å². The number of rotatable bonds is 9. The lowest BCUT2D eigenvalue weighted by atomic mass is 10.1. The van der Waals surface area contributed by atoms with Crippen molar-refractivity contribution in [3.05, 3.63) is 77.5 Å². The number of aromatic nitrogens is 2. The first-order valence-corrected chi connectivity index (χ1v) is 12.8. The molecule has 0 saturated carbocycles. The second kappa shape index (κ2) is 11.5. The molecular weight excluding hydrogens is 509 g/mol. The molecule has 0 bridgehead atoms. The molecule has 1 aliphatic rings. The van der Waals surface area contributed by atoms with Crippen molar-refractivity contribution >= 4 is 11.5 Å². The highest BCUT2D eigenvalue weighted by molar-refractivity contribution is 5.78. The Hall–Kier alpha value is -3.76. The highest BCUT2D eigenvalue weighted by Crippen LogP contribution is 2.36. The van der Waals surface area contributed by atoms with Gasteiger partial charge in [0.1, 0.15) is 23.8 Å². The first-order valence-electron chi connectivity index (χ1n) is 12.8. The maximum absolute atomic E-state index is 13.4. The molecule has 10 heteroatoms. The van der Waals surface area contributed by atoms with Crippen molar-refractivity contribution in [3.8, 4) is 22.8 Å². The molecule has 1 fully saturated rings. The zero-order chi connectivity index (χ0) is 27.4.